The Bertz CT molecular complexity index is 1430. The van der Waals surface area contributed by atoms with Gasteiger partial charge in [-0.1, -0.05) is 23.8 Å². The molecule has 10 heteroatoms. The fourth-order valence-electron chi connectivity index (χ4n) is 3.47. The third-order valence-corrected chi connectivity index (χ3v) is 8.21. The van der Waals surface area contributed by atoms with E-state index in [0.717, 1.165) is 27.3 Å². The van der Waals surface area contributed by atoms with Crippen LogP contribution < -0.4 is 14.3 Å². The molecule has 1 unspecified atom stereocenters. The van der Waals surface area contributed by atoms with Crippen molar-refractivity contribution in [3.63, 3.8) is 0 Å². The quantitative estimate of drug-likeness (QED) is 0.467. The van der Waals surface area contributed by atoms with Crippen LogP contribution in [0.2, 0.25) is 0 Å². The molecule has 3 aromatic rings. The van der Waals surface area contributed by atoms with Gasteiger partial charge in [-0.25, -0.2) is 16.8 Å². The Labute approximate surface area is 207 Å². The normalized spacial score (nSPS) is 12.6. The number of carbonyl (C=O) groups is 1. The minimum atomic E-state index is -3.81. The summed E-state index contributed by atoms with van der Waals surface area (Å²) in [6.07, 6.45) is 1.05. The van der Waals surface area contributed by atoms with E-state index in [9.17, 15) is 21.6 Å². The second kappa shape index (κ2) is 10.1. The highest BCUT2D eigenvalue weighted by molar-refractivity contribution is 7.92. The first-order chi connectivity index (χ1) is 16.3. The maximum atomic E-state index is 12.9. The summed E-state index contributed by atoms with van der Waals surface area (Å²) in [5.74, 6) is -0.554. The molecule has 0 bridgehead atoms. The molecule has 0 aliphatic heterocycles. The van der Waals surface area contributed by atoms with Gasteiger partial charge in [0, 0.05) is 11.4 Å². The lowest BCUT2D eigenvalue weighted by Gasteiger charge is -2.28. The zero-order valence-electron chi connectivity index (χ0n) is 20.2. The number of anilines is 3. The second-order valence-corrected chi connectivity index (χ2v) is 12.0. The Balaban J connectivity index is 1.77. The van der Waals surface area contributed by atoms with E-state index in [-0.39, 0.29) is 4.90 Å². The molecule has 8 nitrogen and oxygen atoms in total. The summed E-state index contributed by atoms with van der Waals surface area (Å²) < 4.78 is 54.0. The zero-order chi connectivity index (χ0) is 26.0. The van der Waals surface area contributed by atoms with E-state index in [1.807, 2.05) is 20.8 Å². The number of aryl methyl sites for hydroxylation is 3. The minimum absolute atomic E-state index is 0.0250. The first-order valence-electron chi connectivity index (χ1n) is 10.8. The van der Waals surface area contributed by atoms with E-state index < -0.39 is 32.0 Å². The van der Waals surface area contributed by atoms with Crippen LogP contribution in [-0.2, 0) is 24.8 Å². The average molecular weight is 516 g/mol. The molecule has 0 aliphatic rings. The van der Waals surface area contributed by atoms with Crippen molar-refractivity contribution in [2.45, 2.75) is 38.6 Å². The summed E-state index contributed by atoms with van der Waals surface area (Å²) in [6, 6.07) is 16.7. The number of hydrogen-bond acceptors (Lipinski definition) is 5. The first-order valence-corrected chi connectivity index (χ1v) is 14.2. The monoisotopic (exact) mass is 515 g/mol. The van der Waals surface area contributed by atoms with Gasteiger partial charge in [-0.2, -0.15) is 0 Å². The molecule has 35 heavy (non-hydrogen) atoms. The lowest BCUT2D eigenvalue weighted by molar-refractivity contribution is -0.116. The fraction of sp³-hybridized carbons (Fsp3) is 0.240. The number of sulfonamides is 2. The van der Waals surface area contributed by atoms with Gasteiger partial charge in [0.2, 0.25) is 15.9 Å². The Morgan fingerprint density at radius 1 is 0.800 bits per heavy atom. The van der Waals surface area contributed by atoms with Crippen LogP contribution >= 0.6 is 0 Å². The van der Waals surface area contributed by atoms with E-state index in [1.54, 1.807) is 42.5 Å². The topological polar surface area (TPSA) is 113 Å². The number of amides is 1. The average Bonchev–Trinajstić information content (AvgIpc) is 2.77. The van der Waals surface area contributed by atoms with E-state index >= 15 is 0 Å². The molecule has 1 amide bonds. The van der Waals surface area contributed by atoms with Gasteiger partial charge in [0.15, 0.2) is 0 Å². The molecule has 3 aromatic carbocycles. The van der Waals surface area contributed by atoms with Crippen LogP contribution in [0.1, 0.15) is 23.6 Å². The molecule has 186 valence electrons. The Morgan fingerprint density at radius 3 is 1.91 bits per heavy atom. The van der Waals surface area contributed by atoms with Crippen LogP contribution in [-0.4, -0.2) is 35.0 Å². The fourth-order valence-corrected chi connectivity index (χ4v) is 5.70. The maximum Gasteiger partial charge on any atom is 0.261 e. The number of benzene rings is 3. The van der Waals surface area contributed by atoms with Crippen LogP contribution in [0.4, 0.5) is 17.1 Å². The van der Waals surface area contributed by atoms with E-state index in [4.69, 9.17) is 0 Å². The van der Waals surface area contributed by atoms with Gasteiger partial charge in [-0.15, -0.1) is 0 Å². The van der Waals surface area contributed by atoms with Crippen molar-refractivity contribution < 1.29 is 21.6 Å². The van der Waals surface area contributed by atoms with Crippen molar-refractivity contribution in [3.8, 4) is 0 Å². The van der Waals surface area contributed by atoms with Crippen LogP contribution in [0.3, 0.4) is 0 Å². The van der Waals surface area contributed by atoms with Gasteiger partial charge in [0.1, 0.15) is 6.04 Å². The van der Waals surface area contributed by atoms with Gasteiger partial charge >= 0.3 is 0 Å². The molecule has 0 aliphatic carbocycles. The van der Waals surface area contributed by atoms with Gasteiger partial charge < -0.3 is 5.32 Å². The molecule has 0 aromatic heterocycles. The summed E-state index contributed by atoms with van der Waals surface area (Å²) in [5.41, 5.74) is 4.08. The summed E-state index contributed by atoms with van der Waals surface area (Å²) in [7, 11) is -7.57. The molecular weight excluding hydrogens is 486 g/mol. The highest BCUT2D eigenvalue weighted by Crippen LogP contribution is 2.25. The van der Waals surface area contributed by atoms with E-state index in [0.29, 0.717) is 17.1 Å². The largest absolute Gasteiger partial charge is 0.324 e. The Morgan fingerprint density at radius 2 is 1.37 bits per heavy atom. The molecular formula is C25H29N3O5S2. The third kappa shape index (κ3) is 6.40. The van der Waals surface area contributed by atoms with Crippen LogP contribution in [0.15, 0.2) is 71.6 Å². The number of carbonyl (C=O) groups excluding carboxylic acids is 1. The first kappa shape index (κ1) is 26.2. The van der Waals surface area contributed by atoms with Crippen molar-refractivity contribution >= 4 is 43.0 Å². The van der Waals surface area contributed by atoms with Crippen molar-refractivity contribution in [2.24, 2.45) is 0 Å². The Hall–Kier alpha value is -3.37. The molecule has 0 saturated carbocycles. The van der Waals surface area contributed by atoms with Crippen LogP contribution in [0.25, 0.3) is 0 Å². The minimum Gasteiger partial charge on any atom is -0.324 e. The smallest absolute Gasteiger partial charge is 0.261 e. The lowest BCUT2D eigenvalue weighted by Crippen LogP contribution is -2.45. The van der Waals surface area contributed by atoms with E-state index in [1.165, 1.54) is 31.2 Å². The summed E-state index contributed by atoms with van der Waals surface area (Å²) >= 11 is 0. The van der Waals surface area contributed by atoms with Crippen LogP contribution in [0, 0.1) is 20.8 Å². The summed E-state index contributed by atoms with van der Waals surface area (Å²) in [5, 5.41) is 2.66. The van der Waals surface area contributed by atoms with Crippen molar-refractivity contribution in [3.05, 3.63) is 83.4 Å². The lowest BCUT2D eigenvalue weighted by atomic mass is 10.1. The molecule has 0 spiro atoms. The molecule has 0 fully saturated rings. The van der Waals surface area contributed by atoms with Crippen molar-refractivity contribution in [1.29, 1.82) is 0 Å². The van der Waals surface area contributed by atoms with Crippen molar-refractivity contribution in [1.82, 2.24) is 0 Å². The highest BCUT2D eigenvalue weighted by atomic mass is 32.2. The molecule has 3 rings (SSSR count). The zero-order valence-corrected chi connectivity index (χ0v) is 21.9. The molecule has 0 saturated heterocycles. The van der Waals surface area contributed by atoms with Crippen LogP contribution in [0.5, 0.6) is 0 Å². The van der Waals surface area contributed by atoms with E-state index in [2.05, 4.69) is 10.0 Å². The SMILES string of the molecule is Cc1ccc(NS(=O)(=O)c2ccc(NC(=O)C(C)N(c3ccc(C)c(C)c3)S(C)(=O)=O)cc2)cc1. The summed E-state index contributed by atoms with van der Waals surface area (Å²) in [4.78, 5) is 13.0. The summed E-state index contributed by atoms with van der Waals surface area (Å²) in [6.45, 7) is 7.19. The van der Waals surface area contributed by atoms with Gasteiger partial charge in [-0.05, 0) is 87.4 Å². The second-order valence-electron chi connectivity index (χ2n) is 8.49. The maximum absolute atomic E-state index is 12.9. The molecule has 1 atom stereocenters. The number of nitrogens with zero attached hydrogens (tertiary/aromatic N) is 1. The predicted octanol–water partition coefficient (Wildman–Crippen LogP) is 4.21. The Kier molecular flexibility index (Phi) is 7.56. The third-order valence-electron chi connectivity index (χ3n) is 5.57. The standard InChI is InChI=1S/C25H29N3O5S2/c1-17-6-9-22(10-7-17)27-35(32,33)24-14-11-21(12-15-24)26-25(29)20(4)28(34(5,30)31)23-13-8-18(2)19(3)16-23/h6-16,20,27H,1-5H3,(H,26,29). The van der Waals surface area contributed by atoms with Crippen molar-refractivity contribution in [2.75, 3.05) is 20.6 Å². The molecule has 2 N–H and O–H groups in total. The number of hydrogen-bond donors (Lipinski definition) is 2. The van der Waals surface area contributed by atoms with Gasteiger partial charge in [0.25, 0.3) is 10.0 Å². The molecule has 0 radical (unpaired) electrons. The number of nitrogens with one attached hydrogen (secondary N) is 2. The predicted molar refractivity (Wildman–Crippen MR) is 140 cm³/mol. The highest BCUT2D eigenvalue weighted by Gasteiger charge is 2.29. The number of rotatable bonds is 8. The van der Waals surface area contributed by atoms with Gasteiger partial charge in [0.05, 0.1) is 16.8 Å². The van der Waals surface area contributed by atoms with Gasteiger partial charge in [-0.3, -0.25) is 13.8 Å². The molecule has 0 heterocycles.